The van der Waals surface area contributed by atoms with Crippen LogP contribution in [-0.2, 0) is 0 Å². The summed E-state index contributed by atoms with van der Waals surface area (Å²) in [7, 11) is 0. The fourth-order valence-corrected chi connectivity index (χ4v) is 3.83. The predicted molar refractivity (Wildman–Crippen MR) is 93.4 cm³/mol. The topological polar surface area (TPSA) is 9.23 Å². The van der Waals surface area contributed by atoms with Crippen molar-refractivity contribution in [3.63, 3.8) is 0 Å². The van der Waals surface area contributed by atoms with Gasteiger partial charge in [0.05, 0.1) is 6.61 Å². The van der Waals surface area contributed by atoms with E-state index in [1.54, 1.807) is 0 Å². The number of ether oxygens (including phenoxy) is 1. The second-order valence-electron chi connectivity index (χ2n) is 6.20. The van der Waals surface area contributed by atoms with Crippen LogP contribution in [0.5, 0.6) is 5.75 Å². The first kappa shape index (κ1) is 16.7. The van der Waals surface area contributed by atoms with Gasteiger partial charge in [-0.2, -0.15) is 0 Å². The third kappa shape index (κ3) is 6.78. The van der Waals surface area contributed by atoms with Gasteiger partial charge in [0.1, 0.15) is 5.75 Å². The smallest absolute Gasteiger partial charge is 0.119 e. The Morgan fingerprint density at radius 3 is 2.48 bits per heavy atom. The number of rotatable bonds is 9. The Kier molecular flexibility index (Phi) is 8.09. The maximum atomic E-state index is 5.95. The van der Waals surface area contributed by atoms with Crippen molar-refractivity contribution in [1.82, 2.24) is 0 Å². The molecule has 0 spiro atoms. The second-order valence-corrected chi connectivity index (χ2v) is 7.36. The van der Waals surface area contributed by atoms with Crippen molar-refractivity contribution in [2.45, 2.75) is 69.6 Å². The molecule has 0 amide bonds. The molecule has 0 bridgehead atoms. The molecule has 1 aromatic rings. The van der Waals surface area contributed by atoms with Crippen LogP contribution in [0.1, 0.15) is 64.7 Å². The van der Waals surface area contributed by atoms with Gasteiger partial charge in [0.15, 0.2) is 0 Å². The standard InChI is InChI=1S/C19H30OS/c1-2-3-4-8-15-21-19-13-11-18(12-14-19)20-16-17-9-6-5-7-10-17/h11-14,17H,2-10,15-16H2,1H3. The van der Waals surface area contributed by atoms with E-state index in [1.165, 1.54) is 68.4 Å². The van der Waals surface area contributed by atoms with E-state index in [0.717, 1.165) is 18.3 Å². The minimum atomic E-state index is 0.784. The Balaban J connectivity index is 1.64. The summed E-state index contributed by atoms with van der Waals surface area (Å²) in [5.74, 6) is 3.06. The third-order valence-corrected chi connectivity index (χ3v) is 5.40. The van der Waals surface area contributed by atoms with Crippen molar-refractivity contribution in [3.05, 3.63) is 24.3 Å². The van der Waals surface area contributed by atoms with Crippen molar-refractivity contribution in [2.75, 3.05) is 12.4 Å². The molecule has 0 atom stereocenters. The first-order valence-electron chi connectivity index (χ1n) is 8.74. The van der Waals surface area contributed by atoms with Crippen molar-refractivity contribution < 1.29 is 4.74 Å². The average molecular weight is 307 g/mol. The molecule has 1 aromatic carbocycles. The molecule has 0 unspecified atom stereocenters. The Bertz CT molecular complexity index is 368. The molecule has 1 nitrogen and oxygen atoms in total. The normalized spacial score (nSPS) is 16.0. The zero-order chi connectivity index (χ0) is 14.8. The van der Waals surface area contributed by atoms with Gasteiger partial charge in [0.2, 0.25) is 0 Å². The largest absolute Gasteiger partial charge is 0.493 e. The maximum Gasteiger partial charge on any atom is 0.119 e. The molecular weight excluding hydrogens is 276 g/mol. The van der Waals surface area contributed by atoms with E-state index in [1.807, 2.05) is 11.8 Å². The van der Waals surface area contributed by atoms with E-state index in [0.29, 0.717) is 0 Å². The Hall–Kier alpha value is -0.630. The van der Waals surface area contributed by atoms with Crippen LogP contribution in [0.3, 0.4) is 0 Å². The summed E-state index contributed by atoms with van der Waals surface area (Å²) >= 11 is 1.97. The Morgan fingerprint density at radius 1 is 1.00 bits per heavy atom. The van der Waals surface area contributed by atoms with Crippen LogP contribution in [0, 0.1) is 5.92 Å². The molecular formula is C19H30OS. The lowest BCUT2D eigenvalue weighted by Gasteiger charge is -2.21. The zero-order valence-corrected chi connectivity index (χ0v) is 14.3. The SMILES string of the molecule is CCCCCCSc1ccc(OCC2CCCCC2)cc1. The fraction of sp³-hybridized carbons (Fsp3) is 0.684. The average Bonchev–Trinajstić information content (AvgIpc) is 2.55. The highest BCUT2D eigenvalue weighted by molar-refractivity contribution is 7.99. The van der Waals surface area contributed by atoms with Gasteiger partial charge in [-0.3, -0.25) is 0 Å². The molecule has 1 fully saturated rings. The quantitative estimate of drug-likeness (QED) is 0.390. The van der Waals surface area contributed by atoms with E-state index in [4.69, 9.17) is 4.74 Å². The fourth-order valence-electron chi connectivity index (χ4n) is 2.92. The molecule has 1 aliphatic carbocycles. The van der Waals surface area contributed by atoms with Gasteiger partial charge in [-0.1, -0.05) is 45.4 Å². The van der Waals surface area contributed by atoms with Crippen molar-refractivity contribution in [3.8, 4) is 5.75 Å². The number of hydrogen-bond donors (Lipinski definition) is 0. The van der Waals surface area contributed by atoms with Gasteiger partial charge in [0.25, 0.3) is 0 Å². The van der Waals surface area contributed by atoms with Crippen molar-refractivity contribution in [1.29, 1.82) is 0 Å². The molecule has 2 rings (SSSR count). The summed E-state index contributed by atoms with van der Waals surface area (Å²) in [6, 6.07) is 8.69. The van der Waals surface area contributed by atoms with E-state index < -0.39 is 0 Å². The number of benzene rings is 1. The first-order valence-corrected chi connectivity index (χ1v) is 9.72. The highest BCUT2D eigenvalue weighted by atomic mass is 32.2. The molecule has 1 saturated carbocycles. The molecule has 0 heterocycles. The van der Waals surface area contributed by atoms with Gasteiger partial charge in [-0.25, -0.2) is 0 Å². The van der Waals surface area contributed by atoms with Crippen LogP contribution in [-0.4, -0.2) is 12.4 Å². The molecule has 21 heavy (non-hydrogen) atoms. The summed E-state index contributed by atoms with van der Waals surface area (Å²) in [5.41, 5.74) is 0. The number of thioether (sulfide) groups is 1. The summed E-state index contributed by atoms with van der Waals surface area (Å²) in [6.07, 6.45) is 12.3. The minimum Gasteiger partial charge on any atom is -0.493 e. The molecule has 1 aliphatic rings. The van der Waals surface area contributed by atoms with Crippen LogP contribution in [0.2, 0.25) is 0 Å². The molecule has 0 radical (unpaired) electrons. The molecule has 0 aromatic heterocycles. The van der Waals surface area contributed by atoms with Gasteiger partial charge in [0, 0.05) is 4.90 Å². The minimum absolute atomic E-state index is 0.784. The lowest BCUT2D eigenvalue weighted by molar-refractivity contribution is 0.209. The zero-order valence-electron chi connectivity index (χ0n) is 13.5. The van der Waals surface area contributed by atoms with E-state index in [-0.39, 0.29) is 0 Å². The van der Waals surface area contributed by atoms with Gasteiger partial charge < -0.3 is 4.74 Å². The van der Waals surface area contributed by atoms with Crippen molar-refractivity contribution in [2.24, 2.45) is 5.92 Å². The number of unbranched alkanes of at least 4 members (excludes halogenated alkanes) is 3. The summed E-state index contributed by atoms with van der Waals surface area (Å²) < 4.78 is 5.95. The molecule has 0 aliphatic heterocycles. The van der Waals surface area contributed by atoms with Crippen LogP contribution in [0.15, 0.2) is 29.2 Å². The molecule has 0 N–H and O–H groups in total. The molecule has 118 valence electrons. The second kappa shape index (κ2) is 10.2. The Labute approximate surface area is 134 Å². The van der Waals surface area contributed by atoms with Gasteiger partial charge in [-0.15, -0.1) is 11.8 Å². The van der Waals surface area contributed by atoms with Gasteiger partial charge in [-0.05, 0) is 55.2 Å². The first-order chi connectivity index (χ1) is 10.4. The predicted octanol–water partition coefficient (Wildman–Crippen LogP) is 6.32. The summed E-state index contributed by atoms with van der Waals surface area (Å²) in [4.78, 5) is 1.37. The van der Waals surface area contributed by atoms with E-state index >= 15 is 0 Å². The maximum absolute atomic E-state index is 5.95. The van der Waals surface area contributed by atoms with Gasteiger partial charge >= 0.3 is 0 Å². The lowest BCUT2D eigenvalue weighted by Crippen LogP contribution is -2.15. The van der Waals surface area contributed by atoms with Crippen LogP contribution < -0.4 is 4.74 Å². The van der Waals surface area contributed by atoms with Crippen LogP contribution in [0.4, 0.5) is 0 Å². The van der Waals surface area contributed by atoms with Crippen LogP contribution >= 0.6 is 11.8 Å². The van der Waals surface area contributed by atoms with E-state index in [2.05, 4.69) is 31.2 Å². The molecule has 0 saturated heterocycles. The lowest BCUT2D eigenvalue weighted by atomic mass is 9.90. The van der Waals surface area contributed by atoms with E-state index in [9.17, 15) is 0 Å². The summed E-state index contributed by atoms with van der Waals surface area (Å²) in [5, 5.41) is 0. The highest BCUT2D eigenvalue weighted by Crippen LogP contribution is 2.26. The molecule has 2 heteroatoms. The summed E-state index contributed by atoms with van der Waals surface area (Å²) in [6.45, 7) is 3.17. The third-order valence-electron chi connectivity index (χ3n) is 4.30. The number of hydrogen-bond acceptors (Lipinski definition) is 2. The monoisotopic (exact) mass is 306 g/mol. The highest BCUT2D eigenvalue weighted by Gasteiger charge is 2.13. The van der Waals surface area contributed by atoms with Crippen molar-refractivity contribution >= 4 is 11.8 Å². The Morgan fingerprint density at radius 2 is 1.76 bits per heavy atom. The van der Waals surface area contributed by atoms with Crippen LogP contribution in [0.25, 0.3) is 0 Å².